The zero-order valence-electron chi connectivity index (χ0n) is 24.0. The molecule has 0 heterocycles. The minimum Gasteiger partial charge on any atom is -0.444 e. The lowest BCUT2D eigenvalue weighted by Gasteiger charge is -2.36. The molecule has 0 radical (unpaired) electrons. The molecule has 0 aromatic heterocycles. The summed E-state index contributed by atoms with van der Waals surface area (Å²) in [5.74, 6) is -0.659. The number of unbranched alkanes of at least 4 members (excludes halogenated alkanes) is 3. The Bertz CT molecular complexity index is 840. The number of aryl methyl sites for hydroxylation is 2. The number of nitrogens with one attached hydrogen (secondary N) is 2. The van der Waals surface area contributed by atoms with Crippen LogP contribution in [0.15, 0.2) is 18.2 Å². The highest BCUT2D eigenvalue weighted by Crippen LogP contribution is 2.29. The first-order valence-corrected chi connectivity index (χ1v) is 13.5. The van der Waals surface area contributed by atoms with Crippen LogP contribution in [0.4, 0.5) is 4.79 Å². The van der Waals surface area contributed by atoms with Gasteiger partial charge in [0.05, 0.1) is 0 Å². The SMILES string of the molecule is CCCCCNC(=O)C(c1c(C)cccc1C)N(CCCC)C(=O)C(NC(=O)OC(C)(C)C)C(C)C. The molecule has 0 spiro atoms. The number of carbonyl (C=O) groups excluding carboxylic acids is 3. The van der Waals surface area contributed by atoms with Crippen molar-refractivity contribution >= 4 is 17.9 Å². The largest absolute Gasteiger partial charge is 0.444 e. The average molecular weight is 504 g/mol. The maximum absolute atomic E-state index is 14.1. The van der Waals surface area contributed by atoms with Crippen LogP contribution in [0.1, 0.15) is 103 Å². The van der Waals surface area contributed by atoms with Crippen LogP contribution in [-0.4, -0.2) is 47.5 Å². The molecule has 0 aliphatic carbocycles. The molecule has 204 valence electrons. The summed E-state index contributed by atoms with van der Waals surface area (Å²) in [6.45, 7) is 18.2. The van der Waals surface area contributed by atoms with E-state index in [0.717, 1.165) is 48.8 Å². The lowest BCUT2D eigenvalue weighted by molar-refractivity contribution is -0.143. The van der Waals surface area contributed by atoms with Crippen LogP contribution in [0.3, 0.4) is 0 Å². The monoisotopic (exact) mass is 503 g/mol. The molecule has 1 aromatic carbocycles. The van der Waals surface area contributed by atoms with Crippen LogP contribution in [-0.2, 0) is 14.3 Å². The number of nitrogens with zero attached hydrogens (tertiary/aromatic N) is 1. The van der Waals surface area contributed by atoms with Crippen molar-refractivity contribution in [2.75, 3.05) is 13.1 Å². The molecule has 2 unspecified atom stereocenters. The molecule has 2 atom stereocenters. The highest BCUT2D eigenvalue weighted by atomic mass is 16.6. The fourth-order valence-electron chi connectivity index (χ4n) is 4.19. The first-order valence-electron chi connectivity index (χ1n) is 13.5. The van der Waals surface area contributed by atoms with Gasteiger partial charge < -0.3 is 20.3 Å². The third-order valence-electron chi connectivity index (χ3n) is 6.10. The minimum absolute atomic E-state index is 0.187. The molecule has 1 rings (SSSR count). The number of amides is 3. The Balaban J connectivity index is 3.47. The number of hydrogen-bond acceptors (Lipinski definition) is 4. The molecule has 0 fully saturated rings. The molecule has 1 aromatic rings. The van der Waals surface area contributed by atoms with E-state index in [9.17, 15) is 14.4 Å². The van der Waals surface area contributed by atoms with Gasteiger partial charge in [-0.05, 0) is 70.1 Å². The highest BCUT2D eigenvalue weighted by Gasteiger charge is 2.38. The number of ether oxygens (including phenoxy) is 1. The molecule has 0 saturated heterocycles. The molecule has 7 heteroatoms. The summed E-state index contributed by atoms with van der Waals surface area (Å²) in [5, 5.41) is 5.86. The second-order valence-electron chi connectivity index (χ2n) is 11.0. The molecule has 0 aliphatic heterocycles. The van der Waals surface area contributed by atoms with Gasteiger partial charge in [-0.25, -0.2) is 4.79 Å². The molecule has 0 saturated carbocycles. The number of alkyl carbamates (subject to hydrolysis) is 1. The summed E-state index contributed by atoms with van der Waals surface area (Å²) >= 11 is 0. The van der Waals surface area contributed by atoms with Crippen LogP contribution in [0.5, 0.6) is 0 Å². The van der Waals surface area contributed by atoms with Gasteiger partial charge in [0.2, 0.25) is 11.8 Å². The smallest absolute Gasteiger partial charge is 0.408 e. The van der Waals surface area contributed by atoms with Gasteiger partial charge in [-0.3, -0.25) is 9.59 Å². The number of benzene rings is 1. The first-order chi connectivity index (χ1) is 16.8. The molecular formula is C29H49N3O4. The van der Waals surface area contributed by atoms with Gasteiger partial charge >= 0.3 is 6.09 Å². The van der Waals surface area contributed by atoms with Gasteiger partial charge in [-0.1, -0.05) is 65.2 Å². The zero-order valence-corrected chi connectivity index (χ0v) is 24.0. The van der Waals surface area contributed by atoms with Crippen molar-refractivity contribution in [2.45, 2.75) is 112 Å². The van der Waals surface area contributed by atoms with Crippen molar-refractivity contribution < 1.29 is 19.1 Å². The molecule has 0 bridgehead atoms. The highest BCUT2D eigenvalue weighted by molar-refractivity contribution is 5.92. The van der Waals surface area contributed by atoms with Crippen molar-refractivity contribution in [3.8, 4) is 0 Å². The maximum atomic E-state index is 14.1. The predicted molar refractivity (Wildman–Crippen MR) is 146 cm³/mol. The second-order valence-corrected chi connectivity index (χ2v) is 11.0. The van der Waals surface area contributed by atoms with E-state index >= 15 is 0 Å². The van der Waals surface area contributed by atoms with Crippen molar-refractivity contribution in [1.29, 1.82) is 0 Å². The van der Waals surface area contributed by atoms with E-state index in [0.29, 0.717) is 13.1 Å². The number of carbonyl (C=O) groups is 3. The van der Waals surface area contributed by atoms with E-state index in [4.69, 9.17) is 4.74 Å². The Morgan fingerprint density at radius 3 is 2.06 bits per heavy atom. The van der Waals surface area contributed by atoms with Crippen molar-refractivity contribution in [3.05, 3.63) is 34.9 Å². The molecule has 7 nitrogen and oxygen atoms in total. The van der Waals surface area contributed by atoms with Gasteiger partial charge in [-0.15, -0.1) is 0 Å². The molecule has 3 amide bonds. The van der Waals surface area contributed by atoms with Gasteiger partial charge in [0.1, 0.15) is 17.7 Å². The van der Waals surface area contributed by atoms with Gasteiger partial charge in [0, 0.05) is 13.1 Å². The van der Waals surface area contributed by atoms with Crippen LogP contribution >= 0.6 is 0 Å². The quantitative estimate of drug-likeness (QED) is 0.332. The minimum atomic E-state index is -0.823. The van der Waals surface area contributed by atoms with Crippen LogP contribution in [0, 0.1) is 19.8 Å². The van der Waals surface area contributed by atoms with E-state index in [1.54, 1.807) is 25.7 Å². The van der Waals surface area contributed by atoms with E-state index in [-0.39, 0.29) is 17.7 Å². The number of rotatable bonds is 13. The van der Waals surface area contributed by atoms with Gasteiger partial charge in [0.15, 0.2) is 0 Å². The Kier molecular flexibility index (Phi) is 13.0. The fraction of sp³-hybridized carbons (Fsp3) is 0.690. The van der Waals surface area contributed by atoms with E-state index in [1.165, 1.54) is 0 Å². The Labute approximate surface area is 218 Å². The van der Waals surface area contributed by atoms with Gasteiger partial charge in [0.25, 0.3) is 0 Å². The summed E-state index contributed by atoms with van der Waals surface area (Å²) in [7, 11) is 0. The third-order valence-corrected chi connectivity index (χ3v) is 6.10. The summed E-state index contributed by atoms with van der Waals surface area (Å²) in [5.41, 5.74) is 2.07. The Morgan fingerprint density at radius 2 is 1.56 bits per heavy atom. The van der Waals surface area contributed by atoms with Crippen molar-refractivity contribution in [2.24, 2.45) is 5.92 Å². The van der Waals surface area contributed by atoms with Gasteiger partial charge in [-0.2, -0.15) is 0 Å². The van der Waals surface area contributed by atoms with E-state index < -0.39 is 23.8 Å². The fourth-order valence-corrected chi connectivity index (χ4v) is 4.19. The Morgan fingerprint density at radius 1 is 0.972 bits per heavy atom. The maximum Gasteiger partial charge on any atom is 0.408 e. The summed E-state index contributed by atoms with van der Waals surface area (Å²) < 4.78 is 5.44. The second kappa shape index (κ2) is 14.9. The molecule has 0 aliphatic rings. The topological polar surface area (TPSA) is 87.7 Å². The summed E-state index contributed by atoms with van der Waals surface area (Å²) in [4.78, 5) is 42.1. The van der Waals surface area contributed by atoms with Crippen LogP contribution < -0.4 is 10.6 Å². The predicted octanol–water partition coefficient (Wildman–Crippen LogP) is 5.83. The zero-order chi connectivity index (χ0) is 27.5. The lowest BCUT2D eigenvalue weighted by atomic mass is 9.92. The summed E-state index contributed by atoms with van der Waals surface area (Å²) in [6.07, 6.45) is 3.95. The Hall–Kier alpha value is -2.57. The third kappa shape index (κ3) is 9.82. The summed E-state index contributed by atoms with van der Waals surface area (Å²) in [6, 6.07) is 4.30. The van der Waals surface area contributed by atoms with Crippen LogP contribution in [0.2, 0.25) is 0 Å². The first kappa shape index (κ1) is 31.5. The van der Waals surface area contributed by atoms with Crippen molar-refractivity contribution in [1.82, 2.24) is 15.5 Å². The van der Waals surface area contributed by atoms with Crippen LogP contribution in [0.25, 0.3) is 0 Å². The normalized spacial score (nSPS) is 13.2. The van der Waals surface area contributed by atoms with E-state index in [1.807, 2.05) is 45.9 Å². The number of hydrogen-bond donors (Lipinski definition) is 2. The lowest BCUT2D eigenvalue weighted by Crippen LogP contribution is -2.55. The standard InChI is InChI=1S/C29H49N3O4/c1-10-12-14-18-30-26(33)25(23-21(5)16-15-17-22(23)6)32(19-13-11-2)27(34)24(20(3)4)31-28(35)36-29(7,8)9/h15-17,20,24-25H,10-14,18-19H2,1-9H3,(H,30,33)(H,31,35). The van der Waals surface area contributed by atoms with Crippen molar-refractivity contribution in [3.63, 3.8) is 0 Å². The molecular weight excluding hydrogens is 454 g/mol. The average Bonchev–Trinajstić information content (AvgIpc) is 2.77. The molecule has 2 N–H and O–H groups in total. The molecule has 36 heavy (non-hydrogen) atoms. The van der Waals surface area contributed by atoms with E-state index in [2.05, 4.69) is 24.5 Å².